The Hall–Kier alpha value is -1.63. The lowest BCUT2D eigenvalue weighted by Crippen LogP contribution is -2.35. The molecule has 0 aromatic heterocycles. The number of ether oxygens (including phenoxy) is 3. The molecule has 1 unspecified atom stereocenters. The third-order valence-electron chi connectivity index (χ3n) is 3.20. The quantitative estimate of drug-likeness (QED) is 0.567. The van der Waals surface area contributed by atoms with Crippen LogP contribution in [-0.4, -0.2) is 50.6 Å². The van der Waals surface area contributed by atoms with Gasteiger partial charge in [0.2, 0.25) is 5.91 Å². The van der Waals surface area contributed by atoms with Crippen LogP contribution in [0.15, 0.2) is 24.3 Å². The number of aliphatic hydroxyl groups excluding tert-OH is 1. The van der Waals surface area contributed by atoms with Crippen LogP contribution in [-0.2, 0) is 20.9 Å². The van der Waals surface area contributed by atoms with E-state index >= 15 is 0 Å². The Kier molecular flexibility index (Phi) is 10.1. The summed E-state index contributed by atoms with van der Waals surface area (Å²) in [6.45, 7) is 5.90. The zero-order valence-electron chi connectivity index (χ0n) is 14.8. The maximum atomic E-state index is 11.6. The van der Waals surface area contributed by atoms with Gasteiger partial charge in [0.1, 0.15) is 5.75 Å². The molecule has 1 atom stereocenters. The van der Waals surface area contributed by atoms with E-state index in [0.29, 0.717) is 32.2 Å². The van der Waals surface area contributed by atoms with E-state index in [1.807, 2.05) is 24.3 Å². The molecule has 6 heteroatoms. The Bertz CT molecular complexity index is 461. The molecule has 136 valence electrons. The average Bonchev–Trinajstić information content (AvgIpc) is 2.57. The van der Waals surface area contributed by atoms with E-state index in [0.717, 1.165) is 11.3 Å². The number of hydrogen-bond donors (Lipinski definition) is 2. The van der Waals surface area contributed by atoms with Crippen molar-refractivity contribution in [2.75, 3.05) is 33.5 Å². The Balaban J connectivity index is 2.08. The van der Waals surface area contributed by atoms with Crippen LogP contribution in [0.4, 0.5) is 0 Å². The van der Waals surface area contributed by atoms with Crippen LogP contribution >= 0.6 is 0 Å². The van der Waals surface area contributed by atoms with Gasteiger partial charge < -0.3 is 24.6 Å². The lowest BCUT2D eigenvalue weighted by atomic mass is 10.2. The van der Waals surface area contributed by atoms with E-state index in [9.17, 15) is 9.90 Å². The van der Waals surface area contributed by atoms with Crippen molar-refractivity contribution in [3.63, 3.8) is 0 Å². The molecule has 6 nitrogen and oxygen atoms in total. The highest BCUT2D eigenvalue weighted by Gasteiger charge is 2.08. The van der Waals surface area contributed by atoms with E-state index in [-0.39, 0.29) is 19.1 Å². The summed E-state index contributed by atoms with van der Waals surface area (Å²) in [4.78, 5) is 11.6. The SMILES string of the molecule is COc1ccc(COCC(O)CNC(=O)CCOCC(C)C)cc1. The fraction of sp³-hybridized carbons (Fsp3) is 0.611. The second-order valence-corrected chi connectivity index (χ2v) is 6.04. The first-order valence-corrected chi connectivity index (χ1v) is 8.24. The number of rotatable bonds is 12. The summed E-state index contributed by atoms with van der Waals surface area (Å²) in [6.07, 6.45) is -0.435. The summed E-state index contributed by atoms with van der Waals surface area (Å²) >= 11 is 0. The van der Waals surface area contributed by atoms with E-state index < -0.39 is 6.10 Å². The fourth-order valence-electron chi connectivity index (χ4n) is 1.90. The summed E-state index contributed by atoms with van der Waals surface area (Å²) in [6, 6.07) is 7.53. The van der Waals surface area contributed by atoms with Gasteiger partial charge in [-0.1, -0.05) is 26.0 Å². The van der Waals surface area contributed by atoms with Gasteiger partial charge in [0, 0.05) is 19.6 Å². The Morgan fingerprint density at radius 1 is 1.17 bits per heavy atom. The van der Waals surface area contributed by atoms with Crippen molar-refractivity contribution in [1.29, 1.82) is 0 Å². The number of hydrogen-bond acceptors (Lipinski definition) is 5. The van der Waals surface area contributed by atoms with Crippen LogP contribution in [0, 0.1) is 5.92 Å². The maximum absolute atomic E-state index is 11.6. The van der Waals surface area contributed by atoms with Gasteiger partial charge in [-0.2, -0.15) is 0 Å². The molecular weight excluding hydrogens is 310 g/mol. The summed E-state index contributed by atoms with van der Waals surface area (Å²) in [5, 5.41) is 12.5. The molecule has 1 aromatic carbocycles. The molecule has 0 fully saturated rings. The van der Waals surface area contributed by atoms with Crippen LogP contribution < -0.4 is 10.1 Å². The maximum Gasteiger partial charge on any atom is 0.222 e. The van der Waals surface area contributed by atoms with Crippen molar-refractivity contribution in [2.45, 2.75) is 33.0 Å². The Labute approximate surface area is 144 Å². The second kappa shape index (κ2) is 11.8. The van der Waals surface area contributed by atoms with E-state index in [1.165, 1.54) is 0 Å². The smallest absolute Gasteiger partial charge is 0.222 e. The minimum absolute atomic E-state index is 0.132. The molecule has 0 bridgehead atoms. The van der Waals surface area contributed by atoms with Crippen molar-refractivity contribution >= 4 is 5.91 Å². The van der Waals surface area contributed by atoms with E-state index in [2.05, 4.69) is 19.2 Å². The number of carbonyl (C=O) groups excluding carboxylic acids is 1. The highest BCUT2D eigenvalue weighted by atomic mass is 16.5. The molecule has 1 aromatic rings. The first-order chi connectivity index (χ1) is 11.5. The molecular formula is C18H29NO5. The molecule has 24 heavy (non-hydrogen) atoms. The minimum Gasteiger partial charge on any atom is -0.497 e. The highest BCUT2D eigenvalue weighted by Crippen LogP contribution is 2.11. The average molecular weight is 339 g/mol. The Morgan fingerprint density at radius 3 is 2.50 bits per heavy atom. The first kappa shape index (κ1) is 20.4. The minimum atomic E-state index is -0.733. The molecule has 0 aliphatic heterocycles. The van der Waals surface area contributed by atoms with Gasteiger partial charge in [0.25, 0.3) is 0 Å². The number of carbonyl (C=O) groups is 1. The molecule has 0 radical (unpaired) electrons. The number of methoxy groups -OCH3 is 1. The lowest BCUT2D eigenvalue weighted by molar-refractivity contribution is -0.122. The Morgan fingerprint density at radius 2 is 1.88 bits per heavy atom. The zero-order chi connectivity index (χ0) is 17.8. The summed E-state index contributed by atoms with van der Waals surface area (Å²) in [5.41, 5.74) is 0.995. The van der Waals surface area contributed by atoms with Gasteiger partial charge >= 0.3 is 0 Å². The monoisotopic (exact) mass is 339 g/mol. The third kappa shape index (κ3) is 9.50. The molecule has 0 aliphatic carbocycles. The topological polar surface area (TPSA) is 77.0 Å². The fourth-order valence-corrected chi connectivity index (χ4v) is 1.90. The van der Waals surface area contributed by atoms with Crippen molar-refractivity contribution in [3.8, 4) is 5.75 Å². The second-order valence-electron chi connectivity index (χ2n) is 6.04. The molecule has 1 amide bonds. The summed E-state index contributed by atoms with van der Waals surface area (Å²) in [5.74, 6) is 1.12. The van der Waals surface area contributed by atoms with Gasteiger partial charge in [0.15, 0.2) is 0 Å². The van der Waals surface area contributed by atoms with Crippen LogP contribution in [0.5, 0.6) is 5.75 Å². The summed E-state index contributed by atoms with van der Waals surface area (Å²) in [7, 11) is 1.62. The number of aliphatic hydroxyl groups is 1. The predicted molar refractivity (Wildman–Crippen MR) is 91.9 cm³/mol. The van der Waals surface area contributed by atoms with Gasteiger partial charge in [-0.25, -0.2) is 0 Å². The molecule has 0 saturated heterocycles. The number of amides is 1. The van der Waals surface area contributed by atoms with Crippen molar-refractivity contribution in [3.05, 3.63) is 29.8 Å². The van der Waals surface area contributed by atoms with Crippen molar-refractivity contribution < 1.29 is 24.1 Å². The molecule has 0 aliphatic rings. The van der Waals surface area contributed by atoms with E-state index in [1.54, 1.807) is 7.11 Å². The predicted octanol–water partition coefficient (Wildman–Crippen LogP) is 1.75. The van der Waals surface area contributed by atoms with Crippen LogP contribution in [0.3, 0.4) is 0 Å². The number of nitrogens with one attached hydrogen (secondary N) is 1. The normalized spacial score (nSPS) is 12.2. The summed E-state index contributed by atoms with van der Waals surface area (Å²) < 4.78 is 15.9. The molecule has 0 saturated carbocycles. The van der Waals surface area contributed by atoms with Crippen LogP contribution in [0.2, 0.25) is 0 Å². The highest BCUT2D eigenvalue weighted by molar-refractivity contribution is 5.75. The largest absolute Gasteiger partial charge is 0.497 e. The zero-order valence-corrected chi connectivity index (χ0v) is 14.8. The van der Waals surface area contributed by atoms with Crippen LogP contribution in [0.25, 0.3) is 0 Å². The van der Waals surface area contributed by atoms with Gasteiger partial charge in [-0.05, 0) is 23.6 Å². The molecule has 2 N–H and O–H groups in total. The third-order valence-corrected chi connectivity index (χ3v) is 3.20. The lowest BCUT2D eigenvalue weighted by Gasteiger charge is -2.13. The van der Waals surface area contributed by atoms with Crippen molar-refractivity contribution in [1.82, 2.24) is 5.32 Å². The molecule has 0 heterocycles. The van der Waals surface area contributed by atoms with E-state index in [4.69, 9.17) is 14.2 Å². The van der Waals surface area contributed by atoms with Gasteiger partial charge in [-0.3, -0.25) is 4.79 Å². The van der Waals surface area contributed by atoms with Crippen molar-refractivity contribution in [2.24, 2.45) is 5.92 Å². The number of benzene rings is 1. The van der Waals surface area contributed by atoms with Gasteiger partial charge in [-0.15, -0.1) is 0 Å². The molecule has 1 rings (SSSR count). The molecule has 0 spiro atoms. The van der Waals surface area contributed by atoms with Crippen LogP contribution in [0.1, 0.15) is 25.8 Å². The standard InChI is InChI=1S/C18H29NO5/c1-14(2)11-23-9-8-18(21)19-10-16(20)13-24-12-15-4-6-17(22-3)7-5-15/h4-7,14,16,20H,8-13H2,1-3H3,(H,19,21). The first-order valence-electron chi connectivity index (χ1n) is 8.24. The van der Waals surface area contributed by atoms with Gasteiger partial charge in [0.05, 0.1) is 33.0 Å².